The molecule has 6 aromatic rings. The monoisotopic (exact) mass is 517 g/mol. The lowest BCUT2D eigenvalue weighted by molar-refractivity contribution is 0.462. The van der Waals surface area contributed by atoms with Crippen LogP contribution in [0.25, 0.3) is 38.5 Å². The highest BCUT2D eigenvalue weighted by Crippen LogP contribution is 2.38. The summed E-state index contributed by atoms with van der Waals surface area (Å²) in [5, 5.41) is 3.45. The highest BCUT2D eigenvalue weighted by Gasteiger charge is 2.21. The van der Waals surface area contributed by atoms with Gasteiger partial charge in [0.15, 0.2) is 0 Å². The Morgan fingerprint density at radius 3 is 2.21 bits per heavy atom. The molecule has 38 heavy (non-hydrogen) atoms. The summed E-state index contributed by atoms with van der Waals surface area (Å²) in [6.45, 7) is 12.9. The van der Waals surface area contributed by atoms with E-state index in [1.54, 1.807) is 0 Å². The van der Waals surface area contributed by atoms with Crippen LogP contribution in [0, 0.1) is 20.8 Å². The van der Waals surface area contributed by atoms with Crippen molar-refractivity contribution in [2.45, 2.75) is 51.9 Å². The fraction of sp³-hybridized carbons (Fsp3) is 0.212. The van der Waals surface area contributed by atoms with Gasteiger partial charge in [0.2, 0.25) is 5.88 Å². The first kappa shape index (κ1) is 24.5. The number of pyridine rings is 2. The van der Waals surface area contributed by atoms with Crippen LogP contribution >= 0.6 is 12.6 Å². The van der Waals surface area contributed by atoms with Crippen LogP contribution < -0.4 is 4.74 Å². The number of hydrogen-bond acceptors (Lipinski definition) is 4. The summed E-state index contributed by atoms with van der Waals surface area (Å²) in [6, 6.07) is 25.2. The average molecular weight is 518 g/mol. The van der Waals surface area contributed by atoms with Crippen LogP contribution in [0.1, 0.15) is 43.2 Å². The zero-order valence-corrected chi connectivity index (χ0v) is 23.5. The topological polar surface area (TPSA) is 39.9 Å². The van der Waals surface area contributed by atoms with Crippen LogP contribution in [-0.4, -0.2) is 14.5 Å². The van der Waals surface area contributed by atoms with Gasteiger partial charge < -0.3 is 4.74 Å². The van der Waals surface area contributed by atoms with Gasteiger partial charge in [-0.1, -0.05) is 45.0 Å². The number of aromatic nitrogens is 3. The summed E-state index contributed by atoms with van der Waals surface area (Å²) >= 11 is 4.69. The number of ether oxygens (including phenoxy) is 1. The molecule has 0 aliphatic rings. The molecule has 0 saturated carbocycles. The molecule has 0 aliphatic heterocycles. The zero-order chi connectivity index (χ0) is 26.8. The summed E-state index contributed by atoms with van der Waals surface area (Å²) < 4.78 is 8.71. The molecule has 3 aromatic heterocycles. The molecule has 0 bridgehead atoms. The Kier molecular flexibility index (Phi) is 5.73. The van der Waals surface area contributed by atoms with Crippen molar-refractivity contribution in [2.24, 2.45) is 0 Å². The van der Waals surface area contributed by atoms with E-state index >= 15 is 0 Å². The van der Waals surface area contributed by atoms with Crippen LogP contribution in [0.15, 0.2) is 77.7 Å². The second-order valence-electron chi connectivity index (χ2n) is 11.2. The van der Waals surface area contributed by atoms with Crippen LogP contribution in [0.2, 0.25) is 0 Å². The first-order valence-corrected chi connectivity index (χ1v) is 13.3. The van der Waals surface area contributed by atoms with Crippen molar-refractivity contribution < 1.29 is 4.74 Å². The minimum atomic E-state index is -0.0796. The third-order valence-corrected chi connectivity index (χ3v) is 7.39. The largest absolute Gasteiger partial charge is 0.439 e. The predicted octanol–water partition coefficient (Wildman–Crippen LogP) is 9.03. The third kappa shape index (κ3) is 4.21. The van der Waals surface area contributed by atoms with Crippen molar-refractivity contribution in [3.63, 3.8) is 0 Å². The van der Waals surface area contributed by atoms with Gasteiger partial charge in [0.05, 0.1) is 16.6 Å². The lowest BCUT2D eigenvalue weighted by Crippen LogP contribution is -2.12. The van der Waals surface area contributed by atoms with Crippen LogP contribution in [0.3, 0.4) is 0 Å². The summed E-state index contributed by atoms with van der Waals surface area (Å²) in [4.78, 5) is 10.6. The van der Waals surface area contributed by atoms with Crippen LogP contribution in [0.4, 0.5) is 0 Å². The second-order valence-corrected chi connectivity index (χ2v) is 11.7. The Hall–Kier alpha value is -3.83. The zero-order valence-electron chi connectivity index (χ0n) is 22.6. The average Bonchev–Trinajstić information content (AvgIpc) is 3.15. The lowest BCUT2D eigenvalue weighted by atomic mass is 9.85. The van der Waals surface area contributed by atoms with Gasteiger partial charge >= 0.3 is 0 Å². The highest BCUT2D eigenvalue weighted by atomic mass is 32.1. The number of para-hydroxylation sites is 1. The molecule has 4 nitrogen and oxygen atoms in total. The van der Waals surface area contributed by atoms with E-state index in [9.17, 15) is 0 Å². The number of thiol groups is 1. The molecule has 0 saturated heterocycles. The number of aryl methyl sites for hydroxylation is 3. The quantitative estimate of drug-likeness (QED) is 0.238. The number of nitrogens with zero attached hydrogens (tertiary/aromatic N) is 3. The minimum Gasteiger partial charge on any atom is -0.439 e. The molecule has 0 fully saturated rings. The fourth-order valence-electron chi connectivity index (χ4n) is 5.36. The van der Waals surface area contributed by atoms with E-state index in [1.807, 2.05) is 25.1 Å². The van der Waals surface area contributed by atoms with Crippen molar-refractivity contribution in [3.8, 4) is 17.4 Å². The van der Waals surface area contributed by atoms with E-state index in [1.165, 1.54) is 22.1 Å². The molecular formula is C33H31N3OS. The molecule has 0 atom stereocenters. The Morgan fingerprint density at radius 1 is 0.737 bits per heavy atom. The van der Waals surface area contributed by atoms with Crippen molar-refractivity contribution in [3.05, 3.63) is 95.2 Å². The molecule has 0 spiro atoms. The van der Waals surface area contributed by atoms with Gasteiger partial charge in [-0.25, -0.2) is 9.97 Å². The van der Waals surface area contributed by atoms with Crippen molar-refractivity contribution in [2.75, 3.05) is 0 Å². The molecule has 5 heteroatoms. The number of hydrogen-bond donors (Lipinski definition) is 1. The van der Waals surface area contributed by atoms with Gasteiger partial charge in [-0.05, 0) is 79.3 Å². The maximum Gasteiger partial charge on any atom is 0.220 e. The number of rotatable bonds is 3. The molecular weight excluding hydrogens is 486 g/mol. The van der Waals surface area contributed by atoms with Gasteiger partial charge in [0.25, 0.3) is 0 Å². The molecule has 0 aliphatic carbocycles. The number of benzene rings is 3. The summed E-state index contributed by atoms with van der Waals surface area (Å²) in [7, 11) is 0. The Labute approximate surface area is 228 Å². The van der Waals surface area contributed by atoms with Crippen molar-refractivity contribution in [1.29, 1.82) is 0 Å². The minimum absolute atomic E-state index is 0.0796. The molecule has 3 aromatic carbocycles. The maximum atomic E-state index is 6.46. The summed E-state index contributed by atoms with van der Waals surface area (Å²) in [6.07, 6.45) is 0. The van der Waals surface area contributed by atoms with Gasteiger partial charge in [-0.15, -0.1) is 12.6 Å². The van der Waals surface area contributed by atoms with E-state index < -0.39 is 0 Å². The molecule has 190 valence electrons. The summed E-state index contributed by atoms with van der Waals surface area (Å²) in [5.41, 5.74) is 7.51. The van der Waals surface area contributed by atoms with Gasteiger partial charge in [0, 0.05) is 38.9 Å². The molecule has 6 rings (SSSR count). The first-order valence-electron chi connectivity index (χ1n) is 12.9. The van der Waals surface area contributed by atoms with Crippen molar-refractivity contribution >= 4 is 45.3 Å². The van der Waals surface area contributed by atoms with Gasteiger partial charge in [-0.3, -0.25) is 4.57 Å². The smallest absolute Gasteiger partial charge is 0.220 e. The fourth-order valence-corrected chi connectivity index (χ4v) is 5.61. The Morgan fingerprint density at radius 2 is 1.47 bits per heavy atom. The van der Waals surface area contributed by atoms with Crippen molar-refractivity contribution in [1.82, 2.24) is 14.5 Å². The molecule has 3 heterocycles. The Balaban J connectivity index is 1.56. The lowest BCUT2D eigenvalue weighted by Gasteiger charge is -2.22. The van der Waals surface area contributed by atoms with E-state index in [0.29, 0.717) is 5.88 Å². The molecule has 0 amide bonds. The number of fused-ring (bicyclic) bond motifs is 4. The summed E-state index contributed by atoms with van der Waals surface area (Å²) in [5.74, 6) is 2.20. The van der Waals surface area contributed by atoms with E-state index in [0.717, 1.165) is 49.5 Å². The molecule has 0 N–H and O–H groups in total. The standard InChI is InChI=1S/C33H31N3OS/c1-19-10-12-23-24-13-11-22(17-28(24)36(27(23)15-19)30-16-20(2)14-21(3)34-30)37-31-18-26(33(4,5)6)25-8-7-9-29(38)32(25)35-31/h7-18,38H,1-6H3. The van der Waals surface area contributed by atoms with Gasteiger partial charge in [-0.2, -0.15) is 0 Å². The van der Waals surface area contributed by atoms with E-state index in [2.05, 4.69) is 93.8 Å². The van der Waals surface area contributed by atoms with Gasteiger partial charge in [0.1, 0.15) is 11.6 Å². The SMILES string of the molecule is Cc1cc(C)nc(-n2c3cc(C)ccc3c3ccc(Oc4cc(C(C)(C)C)c5cccc(S)c5n4)cc32)c1. The van der Waals surface area contributed by atoms with Crippen LogP contribution in [0.5, 0.6) is 11.6 Å². The molecule has 0 unspecified atom stereocenters. The maximum absolute atomic E-state index is 6.46. The normalized spacial score (nSPS) is 12.1. The molecule has 0 radical (unpaired) electrons. The van der Waals surface area contributed by atoms with E-state index in [4.69, 9.17) is 27.3 Å². The van der Waals surface area contributed by atoms with Crippen LogP contribution in [-0.2, 0) is 5.41 Å². The third-order valence-electron chi connectivity index (χ3n) is 7.03. The predicted molar refractivity (Wildman–Crippen MR) is 161 cm³/mol. The highest BCUT2D eigenvalue weighted by molar-refractivity contribution is 7.80. The second kappa shape index (κ2) is 8.88. The van der Waals surface area contributed by atoms with E-state index in [-0.39, 0.29) is 5.41 Å². The first-order chi connectivity index (χ1) is 18.1. The Bertz CT molecular complexity index is 1860.